The summed E-state index contributed by atoms with van der Waals surface area (Å²) in [5.74, 6) is 2.41. The zero-order chi connectivity index (χ0) is 15.4. The van der Waals surface area contributed by atoms with E-state index in [0.717, 1.165) is 30.8 Å². The van der Waals surface area contributed by atoms with Crippen LogP contribution in [0.2, 0.25) is 0 Å². The van der Waals surface area contributed by atoms with Crippen molar-refractivity contribution in [3.8, 4) is 0 Å². The third-order valence-electron chi connectivity index (χ3n) is 4.77. The number of hydrogen-bond acceptors (Lipinski definition) is 4. The lowest BCUT2D eigenvalue weighted by atomic mass is 9.72. The largest absolute Gasteiger partial charge is 0.314 e. The monoisotopic (exact) mass is 309 g/mol. The maximum absolute atomic E-state index is 4.59. The van der Waals surface area contributed by atoms with Crippen LogP contribution in [0.4, 0.5) is 0 Å². The van der Waals surface area contributed by atoms with Crippen molar-refractivity contribution in [2.24, 2.45) is 17.8 Å². The summed E-state index contributed by atoms with van der Waals surface area (Å²) >= 11 is 1.75. The van der Waals surface area contributed by atoms with Gasteiger partial charge in [-0.1, -0.05) is 20.8 Å². The molecule has 1 N–H and O–H groups in total. The van der Waals surface area contributed by atoms with E-state index in [4.69, 9.17) is 0 Å². The summed E-state index contributed by atoms with van der Waals surface area (Å²) in [6.07, 6.45) is 2.70. The molecule has 1 aliphatic carbocycles. The average molecular weight is 310 g/mol. The van der Waals surface area contributed by atoms with Gasteiger partial charge >= 0.3 is 0 Å². The average Bonchev–Trinajstić information content (AvgIpc) is 2.79. The van der Waals surface area contributed by atoms with Crippen molar-refractivity contribution < 1.29 is 0 Å². The number of aromatic nitrogens is 1. The van der Waals surface area contributed by atoms with E-state index in [2.05, 4.69) is 55.3 Å². The number of aryl methyl sites for hydroxylation is 1. The van der Waals surface area contributed by atoms with Gasteiger partial charge < -0.3 is 10.2 Å². The molecule has 0 saturated heterocycles. The van der Waals surface area contributed by atoms with Crippen molar-refractivity contribution in [1.82, 2.24) is 15.2 Å². The summed E-state index contributed by atoms with van der Waals surface area (Å²) in [5, 5.41) is 7.09. The van der Waals surface area contributed by atoms with Gasteiger partial charge in [-0.25, -0.2) is 4.98 Å². The van der Waals surface area contributed by atoms with E-state index in [1.165, 1.54) is 30.1 Å². The van der Waals surface area contributed by atoms with Crippen LogP contribution in [-0.4, -0.2) is 36.1 Å². The van der Waals surface area contributed by atoms with E-state index in [1.807, 2.05) is 0 Å². The first-order valence-corrected chi connectivity index (χ1v) is 9.20. The molecule has 0 radical (unpaired) electrons. The van der Waals surface area contributed by atoms with Gasteiger partial charge in [-0.05, 0) is 51.1 Å². The molecule has 1 saturated carbocycles. The molecule has 2 rings (SSSR count). The fourth-order valence-electron chi connectivity index (χ4n) is 3.90. The van der Waals surface area contributed by atoms with E-state index in [0.29, 0.717) is 6.04 Å². The van der Waals surface area contributed by atoms with Gasteiger partial charge in [0.1, 0.15) is 0 Å². The summed E-state index contributed by atoms with van der Waals surface area (Å²) in [6.45, 7) is 12.4. The second kappa shape index (κ2) is 7.70. The Morgan fingerprint density at radius 3 is 2.76 bits per heavy atom. The van der Waals surface area contributed by atoms with Crippen molar-refractivity contribution in [2.45, 2.75) is 53.1 Å². The zero-order valence-corrected chi connectivity index (χ0v) is 15.0. The van der Waals surface area contributed by atoms with Crippen molar-refractivity contribution >= 4 is 11.3 Å². The third-order valence-corrected chi connectivity index (χ3v) is 5.59. The molecular formula is C17H31N3S. The second-order valence-electron chi connectivity index (χ2n) is 6.94. The number of nitrogens with one attached hydrogen (secondary N) is 1. The fraction of sp³-hybridized carbons (Fsp3) is 0.824. The highest BCUT2D eigenvalue weighted by atomic mass is 32.1. The molecule has 0 amide bonds. The first-order valence-electron chi connectivity index (χ1n) is 8.32. The van der Waals surface area contributed by atoms with E-state index >= 15 is 0 Å². The predicted molar refractivity (Wildman–Crippen MR) is 91.7 cm³/mol. The number of thiazole rings is 1. The normalized spacial score (nSPS) is 30.0. The minimum Gasteiger partial charge on any atom is -0.314 e. The molecule has 120 valence electrons. The molecular weight excluding hydrogens is 278 g/mol. The van der Waals surface area contributed by atoms with Crippen molar-refractivity contribution in [3.05, 3.63) is 16.1 Å². The van der Waals surface area contributed by atoms with Gasteiger partial charge in [0.25, 0.3) is 0 Å². The SMILES string of the molecule is CCNC1CC(C)CC(C)C1CN(C)Cc1csc(C)n1. The van der Waals surface area contributed by atoms with Crippen LogP contribution < -0.4 is 5.32 Å². The Hall–Kier alpha value is -0.450. The van der Waals surface area contributed by atoms with Gasteiger partial charge in [0.2, 0.25) is 0 Å². The fourth-order valence-corrected chi connectivity index (χ4v) is 4.50. The lowest BCUT2D eigenvalue weighted by Crippen LogP contribution is -2.48. The van der Waals surface area contributed by atoms with Crippen LogP contribution in [-0.2, 0) is 6.54 Å². The van der Waals surface area contributed by atoms with Gasteiger partial charge in [0, 0.05) is 24.5 Å². The highest BCUT2D eigenvalue weighted by Crippen LogP contribution is 2.34. The standard InChI is InChI=1S/C17H31N3S/c1-6-18-17-8-12(2)7-13(3)16(17)10-20(5)9-15-11-21-14(4)19-15/h11-13,16-18H,6-10H2,1-5H3. The van der Waals surface area contributed by atoms with E-state index in [9.17, 15) is 0 Å². The Morgan fingerprint density at radius 2 is 2.14 bits per heavy atom. The van der Waals surface area contributed by atoms with E-state index < -0.39 is 0 Å². The maximum atomic E-state index is 4.59. The molecule has 1 aromatic rings. The number of nitrogens with zero attached hydrogens (tertiary/aromatic N) is 2. The van der Waals surface area contributed by atoms with Crippen molar-refractivity contribution in [1.29, 1.82) is 0 Å². The molecule has 21 heavy (non-hydrogen) atoms. The smallest absolute Gasteiger partial charge is 0.0897 e. The van der Waals surface area contributed by atoms with E-state index in [-0.39, 0.29) is 0 Å². The first-order chi connectivity index (χ1) is 9.99. The molecule has 1 heterocycles. The Morgan fingerprint density at radius 1 is 1.38 bits per heavy atom. The molecule has 0 aliphatic heterocycles. The topological polar surface area (TPSA) is 28.2 Å². The van der Waals surface area contributed by atoms with Gasteiger partial charge in [0.05, 0.1) is 10.7 Å². The lowest BCUT2D eigenvalue weighted by molar-refractivity contribution is 0.109. The Balaban J connectivity index is 1.94. The van der Waals surface area contributed by atoms with Crippen LogP contribution in [0.3, 0.4) is 0 Å². The van der Waals surface area contributed by atoms with Crippen LogP contribution >= 0.6 is 11.3 Å². The Bertz CT molecular complexity index is 431. The minimum atomic E-state index is 0.674. The molecule has 1 fully saturated rings. The molecule has 0 spiro atoms. The number of hydrogen-bond donors (Lipinski definition) is 1. The van der Waals surface area contributed by atoms with E-state index in [1.54, 1.807) is 11.3 Å². The van der Waals surface area contributed by atoms with Crippen molar-refractivity contribution in [3.63, 3.8) is 0 Å². The summed E-state index contributed by atoms with van der Waals surface area (Å²) in [6, 6.07) is 0.674. The van der Waals surface area contributed by atoms with Gasteiger partial charge in [-0.3, -0.25) is 0 Å². The Labute approximate surface area is 134 Å². The van der Waals surface area contributed by atoms with Crippen LogP contribution in [0.25, 0.3) is 0 Å². The molecule has 4 heteroatoms. The molecule has 3 nitrogen and oxygen atoms in total. The summed E-state index contributed by atoms with van der Waals surface area (Å²) in [5.41, 5.74) is 1.22. The maximum Gasteiger partial charge on any atom is 0.0897 e. The van der Waals surface area contributed by atoms with Crippen molar-refractivity contribution in [2.75, 3.05) is 20.1 Å². The molecule has 1 aromatic heterocycles. The van der Waals surface area contributed by atoms with Crippen LogP contribution in [0.15, 0.2) is 5.38 Å². The molecule has 4 unspecified atom stereocenters. The highest BCUT2D eigenvalue weighted by Gasteiger charge is 2.33. The second-order valence-corrected chi connectivity index (χ2v) is 8.00. The van der Waals surface area contributed by atoms with Crippen LogP contribution in [0.1, 0.15) is 44.3 Å². The summed E-state index contributed by atoms with van der Waals surface area (Å²) in [4.78, 5) is 7.05. The zero-order valence-electron chi connectivity index (χ0n) is 14.2. The number of rotatable bonds is 6. The molecule has 1 aliphatic rings. The highest BCUT2D eigenvalue weighted by molar-refractivity contribution is 7.09. The first kappa shape index (κ1) is 16.9. The minimum absolute atomic E-state index is 0.674. The quantitative estimate of drug-likeness (QED) is 0.871. The molecule has 4 atom stereocenters. The van der Waals surface area contributed by atoms with Crippen LogP contribution in [0.5, 0.6) is 0 Å². The van der Waals surface area contributed by atoms with Gasteiger partial charge in [-0.15, -0.1) is 11.3 Å². The predicted octanol–water partition coefficient (Wildman–Crippen LogP) is 3.54. The molecule has 0 aromatic carbocycles. The summed E-state index contributed by atoms with van der Waals surface area (Å²) in [7, 11) is 2.24. The third kappa shape index (κ3) is 4.76. The lowest BCUT2D eigenvalue weighted by Gasteiger charge is -2.41. The Kier molecular flexibility index (Phi) is 6.20. The van der Waals surface area contributed by atoms with Gasteiger partial charge in [0.15, 0.2) is 0 Å². The summed E-state index contributed by atoms with van der Waals surface area (Å²) < 4.78 is 0. The van der Waals surface area contributed by atoms with Gasteiger partial charge in [-0.2, -0.15) is 0 Å². The molecule has 0 bridgehead atoms. The van der Waals surface area contributed by atoms with Crippen LogP contribution in [0, 0.1) is 24.7 Å².